The standard InChI is InChI=1S/C17H25N3O/c1-4-20(5-2)12-11-19-16-9-10-18-17-13-14(21-6-3)7-8-15(16)17/h7-10,13H,4-6,11-12H2,1-3H3,(H,18,19). The fraction of sp³-hybridized carbons (Fsp3) is 0.471. The number of aromatic nitrogens is 1. The van der Waals surface area contributed by atoms with Gasteiger partial charge in [-0.3, -0.25) is 4.98 Å². The van der Waals surface area contributed by atoms with Crippen LogP contribution < -0.4 is 10.1 Å². The molecule has 114 valence electrons. The summed E-state index contributed by atoms with van der Waals surface area (Å²) in [7, 11) is 0. The first-order valence-electron chi connectivity index (χ1n) is 7.76. The minimum Gasteiger partial charge on any atom is -0.494 e. The maximum Gasteiger partial charge on any atom is 0.121 e. The first-order chi connectivity index (χ1) is 10.3. The third kappa shape index (κ3) is 4.08. The lowest BCUT2D eigenvalue weighted by Crippen LogP contribution is -2.28. The molecule has 2 aromatic rings. The van der Waals surface area contributed by atoms with Crippen molar-refractivity contribution in [2.75, 3.05) is 38.1 Å². The highest BCUT2D eigenvalue weighted by Crippen LogP contribution is 2.25. The average molecular weight is 287 g/mol. The molecule has 0 atom stereocenters. The van der Waals surface area contributed by atoms with Crippen molar-refractivity contribution >= 4 is 16.6 Å². The third-order valence-electron chi connectivity index (χ3n) is 3.66. The number of anilines is 1. The summed E-state index contributed by atoms with van der Waals surface area (Å²) in [4.78, 5) is 6.84. The monoisotopic (exact) mass is 287 g/mol. The van der Waals surface area contributed by atoms with Crippen LogP contribution in [0.2, 0.25) is 0 Å². The minimum atomic E-state index is 0.674. The Morgan fingerprint density at radius 2 is 1.95 bits per heavy atom. The molecule has 0 amide bonds. The third-order valence-corrected chi connectivity index (χ3v) is 3.66. The second-order valence-corrected chi connectivity index (χ2v) is 4.92. The molecule has 1 N–H and O–H groups in total. The van der Waals surface area contributed by atoms with Crippen molar-refractivity contribution in [3.8, 4) is 5.75 Å². The summed E-state index contributed by atoms with van der Waals surface area (Å²) in [5.74, 6) is 0.873. The number of pyridine rings is 1. The fourth-order valence-electron chi connectivity index (χ4n) is 2.43. The van der Waals surface area contributed by atoms with E-state index in [1.807, 2.05) is 31.3 Å². The Bertz CT molecular complexity index is 567. The Morgan fingerprint density at radius 3 is 2.67 bits per heavy atom. The molecule has 0 saturated heterocycles. The van der Waals surface area contributed by atoms with Gasteiger partial charge in [0.25, 0.3) is 0 Å². The predicted molar refractivity (Wildman–Crippen MR) is 89.2 cm³/mol. The molecule has 0 bridgehead atoms. The van der Waals surface area contributed by atoms with Crippen molar-refractivity contribution in [1.29, 1.82) is 0 Å². The van der Waals surface area contributed by atoms with Gasteiger partial charge in [-0.2, -0.15) is 0 Å². The number of fused-ring (bicyclic) bond motifs is 1. The maximum absolute atomic E-state index is 5.53. The predicted octanol–water partition coefficient (Wildman–Crippen LogP) is 3.39. The van der Waals surface area contributed by atoms with E-state index in [-0.39, 0.29) is 0 Å². The zero-order valence-electron chi connectivity index (χ0n) is 13.2. The summed E-state index contributed by atoms with van der Waals surface area (Å²) >= 11 is 0. The number of ether oxygens (including phenoxy) is 1. The lowest BCUT2D eigenvalue weighted by Gasteiger charge is -2.19. The van der Waals surface area contributed by atoms with E-state index < -0.39 is 0 Å². The molecule has 0 aliphatic rings. The van der Waals surface area contributed by atoms with Crippen molar-refractivity contribution in [3.05, 3.63) is 30.5 Å². The zero-order chi connectivity index (χ0) is 15.1. The normalized spacial score (nSPS) is 11.0. The lowest BCUT2D eigenvalue weighted by atomic mass is 10.2. The molecule has 0 radical (unpaired) electrons. The molecule has 0 unspecified atom stereocenters. The number of likely N-dealkylation sites (N-methyl/N-ethyl adjacent to an activating group) is 1. The Hall–Kier alpha value is -1.81. The van der Waals surface area contributed by atoms with E-state index >= 15 is 0 Å². The second-order valence-electron chi connectivity index (χ2n) is 4.92. The van der Waals surface area contributed by atoms with Crippen molar-refractivity contribution < 1.29 is 4.74 Å². The molecule has 0 aliphatic carbocycles. The van der Waals surface area contributed by atoms with Crippen molar-refractivity contribution in [2.45, 2.75) is 20.8 Å². The lowest BCUT2D eigenvalue weighted by molar-refractivity contribution is 0.316. The Kier molecular flexibility index (Phi) is 5.81. The second kappa shape index (κ2) is 7.84. The fourth-order valence-corrected chi connectivity index (χ4v) is 2.43. The molecular formula is C17H25N3O. The topological polar surface area (TPSA) is 37.4 Å². The van der Waals surface area contributed by atoms with E-state index in [0.29, 0.717) is 6.61 Å². The van der Waals surface area contributed by atoms with E-state index in [9.17, 15) is 0 Å². The Balaban J connectivity index is 2.09. The van der Waals surface area contributed by atoms with Crippen LogP contribution in [0.25, 0.3) is 10.9 Å². The summed E-state index contributed by atoms with van der Waals surface area (Å²) < 4.78 is 5.53. The van der Waals surface area contributed by atoms with Gasteiger partial charge in [-0.1, -0.05) is 13.8 Å². The van der Waals surface area contributed by atoms with Gasteiger partial charge >= 0.3 is 0 Å². The van der Waals surface area contributed by atoms with Crippen molar-refractivity contribution in [3.63, 3.8) is 0 Å². The van der Waals surface area contributed by atoms with Gasteiger partial charge < -0.3 is 15.0 Å². The van der Waals surface area contributed by atoms with Crippen LogP contribution in [0.5, 0.6) is 5.75 Å². The first-order valence-corrected chi connectivity index (χ1v) is 7.76. The molecule has 0 saturated carbocycles. The maximum atomic E-state index is 5.53. The van der Waals surface area contributed by atoms with E-state index in [0.717, 1.165) is 48.5 Å². The van der Waals surface area contributed by atoms with Gasteiger partial charge in [0.2, 0.25) is 0 Å². The molecule has 0 spiro atoms. The minimum absolute atomic E-state index is 0.674. The van der Waals surface area contributed by atoms with Crippen molar-refractivity contribution in [1.82, 2.24) is 9.88 Å². The molecule has 4 nitrogen and oxygen atoms in total. The molecular weight excluding hydrogens is 262 g/mol. The van der Waals surface area contributed by atoms with Crippen molar-refractivity contribution in [2.24, 2.45) is 0 Å². The van der Waals surface area contributed by atoms with E-state index in [1.165, 1.54) is 0 Å². The van der Waals surface area contributed by atoms with Crippen LogP contribution in [0.1, 0.15) is 20.8 Å². The summed E-state index contributed by atoms with van der Waals surface area (Å²) in [6.45, 7) is 11.2. The molecule has 0 aliphatic heterocycles. The number of hydrogen-bond acceptors (Lipinski definition) is 4. The highest BCUT2D eigenvalue weighted by molar-refractivity contribution is 5.91. The number of hydrogen-bond donors (Lipinski definition) is 1. The van der Waals surface area contributed by atoms with Crippen LogP contribution >= 0.6 is 0 Å². The Labute approximate surface area is 127 Å². The van der Waals surface area contributed by atoms with Gasteiger partial charge in [-0.05, 0) is 38.2 Å². The first kappa shape index (κ1) is 15.6. The molecule has 2 rings (SSSR count). The molecule has 1 heterocycles. The smallest absolute Gasteiger partial charge is 0.121 e. The van der Waals surface area contributed by atoms with Gasteiger partial charge in [0.1, 0.15) is 5.75 Å². The van der Waals surface area contributed by atoms with E-state index in [2.05, 4.69) is 35.1 Å². The van der Waals surface area contributed by atoms with E-state index in [1.54, 1.807) is 0 Å². The molecule has 0 fully saturated rings. The SMILES string of the molecule is CCOc1ccc2c(NCCN(CC)CC)ccnc2c1. The van der Waals surface area contributed by atoms with E-state index in [4.69, 9.17) is 4.74 Å². The quantitative estimate of drug-likeness (QED) is 0.807. The van der Waals surface area contributed by atoms with Crippen LogP contribution in [0, 0.1) is 0 Å². The van der Waals surface area contributed by atoms with Crippen LogP contribution in [0.15, 0.2) is 30.5 Å². The highest BCUT2D eigenvalue weighted by Gasteiger charge is 2.04. The number of nitrogens with one attached hydrogen (secondary N) is 1. The van der Waals surface area contributed by atoms with Crippen LogP contribution in [0.3, 0.4) is 0 Å². The van der Waals surface area contributed by atoms with Crippen LogP contribution in [-0.2, 0) is 0 Å². The largest absolute Gasteiger partial charge is 0.494 e. The highest BCUT2D eigenvalue weighted by atomic mass is 16.5. The summed E-state index contributed by atoms with van der Waals surface area (Å²) in [5.41, 5.74) is 2.10. The van der Waals surface area contributed by atoms with Gasteiger partial charge in [-0.25, -0.2) is 0 Å². The molecule has 21 heavy (non-hydrogen) atoms. The molecule has 4 heteroatoms. The van der Waals surface area contributed by atoms with Gasteiger partial charge in [0.05, 0.1) is 12.1 Å². The average Bonchev–Trinajstić information content (AvgIpc) is 2.52. The van der Waals surface area contributed by atoms with Crippen LogP contribution in [-0.4, -0.2) is 42.7 Å². The van der Waals surface area contributed by atoms with Gasteiger partial charge in [-0.15, -0.1) is 0 Å². The number of nitrogens with zero attached hydrogens (tertiary/aromatic N) is 2. The zero-order valence-corrected chi connectivity index (χ0v) is 13.2. The number of benzene rings is 1. The Morgan fingerprint density at radius 1 is 1.14 bits per heavy atom. The number of rotatable bonds is 8. The summed E-state index contributed by atoms with van der Waals surface area (Å²) in [6.07, 6.45) is 1.85. The van der Waals surface area contributed by atoms with Gasteiger partial charge in [0, 0.05) is 36.4 Å². The molecule has 1 aromatic carbocycles. The molecule has 1 aromatic heterocycles. The van der Waals surface area contributed by atoms with Gasteiger partial charge in [0.15, 0.2) is 0 Å². The summed E-state index contributed by atoms with van der Waals surface area (Å²) in [5, 5.41) is 4.66. The van der Waals surface area contributed by atoms with Crippen LogP contribution in [0.4, 0.5) is 5.69 Å². The summed E-state index contributed by atoms with van der Waals surface area (Å²) in [6, 6.07) is 8.11.